The Hall–Kier alpha value is -3.19. The number of hydrogen-bond donors (Lipinski definition) is 1. The lowest BCUT2D eigenvalue weighted by molar-refractivity contribution is 0.355. The highest BCUT2D eigenvalue weighted by molar-refractivity contribution is 7.98. The van der Waals surface area contributed by atoms with Gasteiger partial charge in [-0.2, -0.15) is 0 Å². The largest absolute Gasteiger partial charge is 0.493 e. The third-order valence-electron chi connectivity index (χ3n) is 4.93. The van der Waals surface area contributed by atoms with E-state index in [4.69, 9.17) is 14.5 Å². The number of aryl methyl sites for hydroxylation is 2. The van der Waals surface area contributed by atoms with Gasteiger partial charge in [0, 0.05) is 28.0 Å². The Morgan fingerprint density at radius 1 is 1.00 bits per heavy atom. The maximum atomic E-state index is 12.7. The average molecular weight is 422 g/mol. The van der Waals surface area contributed by atoms with Crippen molar-refractivity contribution in [2.24, 2.45) is 0 Å². The van der Waals surface area contributed by atoms with Crippen LogP contribution >= 0.6 is 11.8 Å². The molecule has 7 heteroatoms. The first kappa shape index (κ1) is 20.1. The van der Waals surface area contributed by atoms with Gasteiger partial charge in [0.1, 0.15) is 0 Å². The number of ether oxygens (including phenoxy) is 2. The van der Waals surface area contributed by atoms with Crippen LogP contribution in [0.25, 0.3) is 16.8 Å². The number of H-pyrrole nitrogens is 1. The van der Waals surface area contributed by atoms with Crippen LogP contribution in [0.3, 0.4) is 0 Å². The third-order valence-corrected chi connectivity index (χ3v) is 5.98. The summed E-state index contributed by atoms with van der Waals surface area (Å²) >= 11 is 1.66. The molecule has 1 N–H and O–H groups in total. The van der Waals surface area contributed by atoms with Crippen LogP contribution in [0.5, 0.6) is 11.5 Å². The van der Waals surface area contributed by atoms with Gasteiger partial charge in [-0.3, -0.25) is 9.89 Å². The highest BCUT2D eigenvalue weighted by Gasteiger charge is 2.17. The van der Waals surface area contributed by atoms with Crippen molar-refractivity contribution < 1.29 is 9.47 Å². The molecule has 0 aliphatic rings. The first-order chi connectivity index (χ1) is 14.5. The van der Waals surface area contributed by atoms with Gasteiger partial charge in [-0.05, 0) is 43.7 Å². The van der Waals surface area contributed by atoms with Crippen molar-refractivity contribution in [3.63, 3.8) is 0 Å². The maximum Gasteiger partial charge on any atom is 0.272 e. The van der Waals surface area contributed by atoms with E-state index in [1.165, 1.54) is 10.1 Å². The van der Waals surface area contributed by atoms with E-state index >= 15 is 0 Å². The molecule has 154 valence electrons. The van der Waals surface area contributed by atoms with Gasteiger partial charge in [0.15, 0.2) is 17.1 Å². The van der Waals surface area contributed by atoms with Crippen LogP contribution in [0, 0.1) is 13.8 Å². The highest BCUT2D eigenvalue weighted by atomic mass is 32.2. The van der Waals surface area contributed by atoms with Gasteiger partial charge < -0.3 is 9.47 Å². The Morgan fingerprint density at radius 3 is 2.43 bits per heavy atom. The standard InChI is InChI=1S/C23H23N3O3S/c1-14-5-8-18(9-6-14)30-13-17-12-21(27)26-23(24-17)22(15(2)25-26)16-7-10-19(28-3)20(11-16)29-4/h5-12,25H,13H2,1-4H3. The number of aromatic nitrogens is 3. The fraction of sp³-hybridized carbons (Fsp3) is 0.217. The summed E-state index contributed by atoms with van der Waals surface area (Å²) in [6, 6.07) is 15.6. The summed E-state index contributed by atoms with van der Waals surface area (Å²) in [5.74, 6) is 1.89. The Morgan fingerprint density at radius 2 is 1.73 bits per heavy atom. The maximum absolute atomic E-state index is 12.7. The lowest BCUT2D eigenvalue weighted by atomic mass is 10.1. The number of thioether (sulfide) groups is 1. The minimum Gasteiger partial charge on any atom is -0.493 e. The van der Waals surface area contributed by atoms with Crippen molar-refractivity contribution in [2.75, 3.05) is 14.2 Å². The second-order valence-electron chi connectivity index (χ2n) is 7.03. The van der Waals surface area contributed by atoms with E-state index in [9.17, 15) is 4.79 Å². The molecule has 2 aromatic carbocycles. The van der Waals surface area contributed by atoms with Crippen LogP contribution in [0.15, 0.2) is 58.2 Å². The molecule has 0 fully saturated rings. The van der Waals surface area contributed by atoms with Crippen LogP contribution < -0.4 is 15.0 Å². The highest BCUT2D eigenvalue weighted by Crippen LogP contribution is 2.35. The number of nitrogens with one attached hydrogen (secondary N) is 1. The molecule has 2 heterocycles. The predicted molar refractivity (Wildman–Crippen MR) is 120 cm³/mol. The van der Waals surface area contributed by atoms with Crippen molar-refractivity contribution in [3.05, 3.63) is 75.8 Å². The van der Waals surface area contributed by atoms with Gasteiger partial charge in [-0.25, -0.2) is 9.50 Å². The van der Waals surface area contributed by atoms with Crippen LogP contribution in [-0.2, 0) is 5.75 Å². The lowest BCUT2D eigenvalue weighted by Gasteiger charge is -2.09. The second-order valence-corrected chi connectivity index (χ2v) is 8.08. The number of rotatable bonds is 6. The Kier molecular flexibility index (Phi) is 5.55. The number of nitrogens with zero attached hydrogens (tertiary/aromatic N) is 2. The van der Waals surface area contributed by atoms with Gasteiger partial charge in [-0.1, -0.05) is 23.8 Å². The summed E-state index contributed by atoms with van der Waals surface area (Å²) in [4.78, 5) is 18.7. The van der Waals surface area contributed by atoms with E-state index in [1.54, 1.807) is 32.0 Å². The molecule has 4 rings (SSSR count). The lowest BCUT2D eigenvalue weighted by Crippen LogP contribution is -2.15. The molecule has 0 bridgehead atoms. The number of aromatic amines is 1. The summed E-state index contributed by atoms with van der Waals surface area (Å²) in [5, 5.41) is 3.13. The normalized spacial score (nSPS) is 11.1. The van der Waals surface area contributed by atoms with Crippen LogP contribution in [0.2, 0.25) is 0 Å². The first-order valence-electron chi connectivity index (χ1n) is 9.53. The van der Waals surface area contributed by atoms with Gasteiger partial charge in [0.2, 0.25) is 0 Å². The van der Waals surface area contributed by atoms with Crippen molar-refractivity contribution in [3.8, 4) is 22.6 Å². The first-order valence-corrected chi connectivity index (χ1v) is 10.5. The predicted octanol–water partition coefficient (Wildman–Crippen LogP) is 4.62. The molecule has 0 atom stereocenters. The summed E-state index contributed by atoms with van der Waals surface area (Å²) < 4.78 is 12.3. The van der Waals surface area contributed by atoms with Crippen molar-refractivity contribution in [1.29, 1.82) is 0 Å². The SMILES string of the molecule is COc1ccc(-c2c(C)[nH]n3c(=O)cc(CSc4ccc(C)cc4)nc23)cc1OC. The van der Waals surface area contributed by atoms with Crippen LogP contribution in [0.1, 0.15) is 17.0 Å². The fourth-order valence-electron chi connectivity index (χ4n) is 3.40. The molecule has 30 heavy (non-hydrogen) atoms. The Balaban J connectivity index is 1.75. The van der Waals surface area contributed by atoms with Crippen LogP contribution in [-0.4, -0.2) is 28.8 Å². The minimum atomic E-state index is -0.130. The number of methoxy groups -OCH3 is 2. The van der Waals surface area contributed by atoms with Gasteiger partial charge >= 0.3 is 0 Å². The van der Waals surface area contributed by atoms with E-state index in [1.807, 2.05) is 25.1 Å². The topological polar surface area (TPSA) is 68.6 Å². The molecule has 0 amide bonds. The zero-order valence-electron chi connectivity index (χ0n) is 17.4. The fourth-order valence-corrected chi connectivity index (χ4v) is 4.19. The van der Waals surface area contributed by atoms with Gasteiger partial charge in [0.25, 0.3) is 5.56 Å². The van der Waals surface area contributed by atoms with E-state index in [2.05, 4.69) is 36.3 Å². The number of hydrogen-bond acceptors (Lipinski definition) is 5. The molecule has 4 aromatic rings. The smallest absolute Gasteiger partial charge is 0.272 e. The van der Waals surface area contributed by atoms with Crippen LogP contribution in [0.4, 0.5) is 0 Å². The number of benzene rings is 2. The third kappa shape index (κ3) is 3.80. The van der Waals surface area contributed by atoms with Gasteiger partial charge in [-0.15, -0.1) is 11.8 Å². The second kappa shape index (κ2) is 8.28. The zero-order valence-corrected chi connectivity index (χ0v) is 18.2. The molecule has 6 nitrogen and oxygen atoms in total. The molecule has 0 spiro atoms. The zero-order chi connectivity index (χ0) is 21.3. The van der Waals surface area contributed by atoms with Crippen molar-refractivity contribution in [2.45, 2.75) is 24.5 Å². The quantitative estimate of drug-likeness (QED) is 0.460. The Bertz CT molecular complexity index is 1260. The van der Waals surface area contributed by atoms with Gasteiger partial charge in [0.05, 0.1) is 19.9 Å². The van der Waals surface area contributed by atoms with E-state index in [0.717, 1.165) is 27.4 Å². The minimum absolute atomic E-state index is 0.130. The Labute approximate surface area is 178 Å². The molecule has 2 aromatic heterocycles. The molecular formula is C23H23N3O3S. The summed E-state index contributed by atoms with van der Waals surface area (Å²) in [5.41, 5.74) is 5.07. The van der Waals surface area contributed by atoms with Crippen molar-refractivity contribution >= 4 is 17.4 Å². The van der Waals surface area contributed by atoms with E-state index < -0.39 is 0 Å². The molecule has 0 unspecified atom stereocenters. The molecule has 0 aliphatic carbocycles. The summed E-state index contributed by atoms with van der Waals surface area (Å²) in [6.45, 7) is 4.00. The molecular weight excluding hydrogens is 398 g/mol. The molecule has 0 saturated carbocycles. The summed E-state index contributed by atoms with van der Waals surface area (Å²) in [6.07, 6.45) is 0. The molecule has 0 saturated heterocycles. The van der Waals surface area contributed by atoms with E-state index in [-0.39, 0.29) is 5.56 Å². The molecule has 0 radical (unpaired) electrons. The number of fused-ring (bicyclic) bond motifs is 1. The monoisotopic (exact) mass is 421 g/mol. The summed E-state index contributed by atoms with van der Waals surface area (Å²) in [7, 11) is 3.21. The van der Waals surface area contributed by atoms with E-state index in [0.29, 0.717) is 22.9 Å². The molecule has 0 aliphatic heterocycles. The van der Waals surface area contributed by atoms with Crippen molar-refractivity contribution in [1.82, 2.24) is 14.6 Å². The average Bonchev–Trinajstić information content (AvgIpc) is 3.09.